The van der Waals surface area contributed by atoms with E-state index in [1.165, 1.54) is 17.1 Å². The summed E-state index contributed by atoms with van der Waals surface area (Å²) in [7, 11) is -1.44. The van der Waals surface area contributed by atoms with Crippen molar-refractivity contribution in [1.29, 1.82) is 0 Å². The molecule has 1 heterocycles. The van der Waals surface area contributed by atoms with Crippen molar-refractivity contribution in [2.75, 3.05) is 19.3 Å². The largest absolute Gasteiger partial charge is 0.271 e. The molecule has 6 heteroatoms. The number of sulfonamides is 1. The predicted molar refractivity (Wildman–Crippen MR) is 70.6 cm³/mol. The monoisotopic (exact) mass is 271 g/mol. The lowest BCUT2D eigenvalue weighted by molar-refractivity contribution is 0.425. The van der Waals surface area contributed by atoms with Crippen LogP contribution in [0.3, 0.4) is 0 Å². The number of rotatable bonds is 6. The van der Waals surface area contributed by atoms with Crippen LogP contribution in [0.5, 0.6) is 0 Å². The first-order chi connectivity index (χ1) is 8.58. The fraction of sp³-hybridized carbons (Fsp3) is 0.750. The summed E-state index contributed by atoms with van der Waals surface area (Å²) in [4.78, 5) is 0. The molecule has 1 saturated carbocycles. The van der Waals surface area contributed by atoms with Gasteiger partial charge >= 0.3 is 0 Å². The van der Waals surface area contributed by atoms with Crippen molar-refractivity contribution in [2.45, 2.75) is 32.2 Å². The zero-order valence-electron chi connectivity index (χ0n) is 10.8. The SMILES string of the molecule is CN(CCn1cccn1)S(=O)(=O)CC1CCCC1. The highest BCUT2D eigenvalue weighted by atomic mass is 32.2. The molecular formula is C12H21N3O2S. The van der Waals surface area contributed by atoms with E-state index >= 15 is 0 Å². The van der Waals surface area contributed by atoms with E-state index in [2.05, 4.69) is 5.10 Å². The summed E-state index contributed by atoms with van der Waals surface area (Å²) in [5.74, 6) is 0.671. The van der Waals surface area contributed by atoms with Gasteiger partial charge in [0.05, 0.1) is 12.3 Å². The normalized spacial score (nSPS) is 17.7. The maximum absolute atomic E-state index is 12.1. The Labute approximate surface area is 109 Å². The van der Waals surface area contributed by atoms with Gasteiger partial charge in [0, 0.05) is 26.0 Å². The van der Waals surface area contributed by atoms with Gasteiger partial charge in [-0.15, -0.1) is 0 Å². The highest BCUT2D eigenvalue weighted by Crippen LogP contribution is 2.26. The fourth-order valence-electron chi connectivity index (χ4n) is 2.42. The van der Waals surface area contributed by atoms with E-state index in [0.29, 0.717) is 24.8 Å². The van der Waals surface area contributed by atoms with Crippen LogP contribution in [0.1, 0.15) is 25.7 Å². The average Bonchev–Trinajstić information content (AvgIpc) is 2.97. The summed E-state index contributed by atoms with van der Waals surface area (Å²) in [5, 5.41) is 4.07. The quantitative estimate of drug-likeness (QED) is 0.784. The molecule has 102 valence electrons. The van der Waals surface area contributed by atoms with Crippen molar-refractivity contribution in [3.63, 3.8) is 0 Å². The Hall–Kier alpha value is -0.880. The minimum Gasteiger partial charge on any atom is -0.271 e. The summed E-state index contributed by atoms with van der Waals surface area (Å²) in [6.45, 7) is 1.09. The average molecular weight is 271 g/mol. The predicted octanol–water partition coefficient (Wildman–Crippen LogP) is 1.33. The van der Waals surface area contributed by atoms with Gasteiger partial charge in [0.25, 0.3) is 0 Å². The van der Waals surface area contributed by atoms with Gasteiger partial charge in [-0.2, -0.15) is 5.10 Å². The molecule has 1 aliphatic carbocycles. The first kappa shape index (κ1) is 13.5. The van der Waals surface area contributed by atoms with Crippen molar-refractivity contribution in [3.05, 3.63) is 18.5 Å². The first-order valence-electron chi connectivity index (χ1n) is 6.49. The van der Waals surface area contributed by atoms with Gasteiger partial charge in [0.15, 0.2) is 0 Å². The molecule has 1 aromatic rings. The van der Waals surface area contributed by atoms with E-state index in [-0.39, 0.29) is 0 Å². The van der Waals surface area contributed by atoms with Gasteiger partial charge in [0.2, 0.25) is 10.0 Å². The van der Waals surface area contributed by atoms with Gasteiger partial charge < -0.3 is 0 Å². The molecule has 0 aromatic carbocycles. The van der Waals surface area contributed by atoms with Crippen LogP contribution in [0.2, 0.25) is 0 Å². The summed E-state index contributed by atoms with van der Waals surface area (Å²) < 4.78 is 27.5. The molecule has 2 rings (SSSR count). The van der Waals surface area contributed by atoms with E-state index in [4.69, 9.17) is 0 Å². The lowest BCUT2D eigenvalue weighted by Gasteiger charge is -2.19. The summed E-state index contributed by atoms with van der Waals surface area (Å²) in [5.41, 5.74) is 0. The van der Waals surface area contributed by atoms with E-state index in [1.54, 1.807) is 17.9 Å². The van der Waals surface area contributed by atoms with Crippen molar-refractivity contribution >= 4 is 10.0 Å². The third kappa shape index (κ3) is 3.55. The van der Waals surface area contributed by atoms with Gasteiger partial charge in [0.1, 0.15) is 0 Å². The maximum Gasteiger partial charge on any atom is 0.214 e. The standard InChI is InChI=1S/C12H21N3O2S/c1-14(9-10-15-8-4-7-13-15)18(16,17)11-12-5-2-3-6-12/h4,7-8,12H,2-3,5-6,9-11H2,1H3. The Balaban J connectivity index is 1.84. The van der Waals surface area contributed by atoms with Crippen molar-refractivity contribution < 1.29 is 8.42 Å². The molecule has 5 nitrogen and oxygen atoms in total. The van der Waals surface area contributed by atoms with Gasteiger partial charge in [-0.25, -0.2) is 12.7 Å². The van der Waals surface area contributed by atoms with E-state index < -0.39 is 10.0 Å². The summed E-state index contributed by atoms with van der Waals surface area (Å²) in [6, 6.07) is 1.84. The molecule has 0 saturated heterocycles. The third-order valence-electron chi connectivity index (χ3n) is 3.60. The van der Waals surface area contributed by atoms with Crippen molar-refractivity contribution in [1.82, 2.24) is 14.1 Å². The number of hydrogen-bond donors (Lipinski definition) is 0. The summed E-state index contributed by atoms with van der Waals surface area (Å²) >= 11 is 0. The molecule has 0 amide bonds. The van der Waals surface area contributed by atoms with Crippen LogP contribution in [0.4, 0.5) is 0 Å². The lowest BCUT2D eigenvalue weighted by Crippen LogP contribution is -2.34. The van der Waals surface area contributed by atoms with E-state index in [9.17, 15) is 8.42 Å². The molecule has 0 atom stereocenters. The zero-order chi connectivity index (χ0) is 13.0. The number of hydrogen-bond acceptors (Lipinski definition) is 3. The Morgan fingerprint density at radius 2 is 2.11 bits per heavy atom. The lowest BCUT2D eigenvalue weighted by atomic mass is 10.1. The van der Waals surface area contributed by atoms with Crippen LogP contribution in [-0.4, -0.2) is 41.8 Å². The van der Waals surface area contributed by atoms with Crippen LogP contribution in [0.25, 0.3) is 0 Å². The topological polar surface area (TPSA) is 55.2 Å². The highest BCUT2D eigenvalue weighted by Gasteiger charge is 2.25. The van der Waals surface area contributed by atoms with Crippen LogP contribution >= 0.6 is 0 Å². The van der Waals surface area contributed by atoms with Crippen LogP contribution in [0, 0.1) is 5.92 Å². The fourth-order valence-corrected chi connectivity index (χ4v) is 3.96. The molecular weight excluding hydrogens is 250 g/mol. The molecule has 0 radical (unpaired) electrons. The summed E-state index contributed by atoms with van der Waals surface area (Å²) in [6.07, 6.45) is 8.03. The third-order valence-corrected chi connectivity index (χ3v) is 5.62. The molecule has 0 spiro atoms. The molecule has 0 N–H and O–H groups in total. The molecule has 0 unspecified atom stereocenters. The van der Waals surface area contributed by atoms with Crippen molar-refractivity contribution in [2.24, 2.45) is 5.92 Å². The van der Waals surface area contributed by atoms with Crippen LogP contribution in [-0.2, 0) is 16.6 Å². The molecule has 0 aliphatic heterocycles. The number of nitrogens with zero attached hydrogens (tertiary/aromatic N) is 3. The Kier molecular flexibility index (Phi) is 4.40. The zero-order valence-corrected chi connectivity index (χ0v) is 11.6. The Morgan fingerprint density at radius 3 is 2.72 bits per heavy atom. The van der Waals surface area contributed by atoms with Gasteiger partial charge in [-0.1, -0.05) is 12.8 Å². The molecule has 18 heavy (non-hydrogen) atoms. The molecule has 1 aromatic heterocycles. The second kappa shape index (κ2) is 5.84. The highest BCUT2D eigenvalue weighted by molar-refractivity contribution is 7.89. The Bertz CT molecular complexity index is 450. The van der Waals surface area contributed by atoms with E-state index in [1.807, 2.05) is 12.3 Å². The minimum absolute atomic E-state index is 0.308. The van der Waals surface area contributed by atoms with Gasteiger partial charge in [-0.3, -0.25) is 4.68 Å². The second-order valence-electron chi connectivity index (χ2n) is 5.02. The molecule has 1 aliphatic rings. The molecule has 1 fully saturated rings. The first-order valence-corrected chi connectivity index (χ1v) is 8.10. The van der Waals surface area contributed by atoms with Crippen LogP contribution in [0.15, 0.2) is 18.5 Å². The second-order valence-corrected chi connectivity index (χ2v) is 7.14. The van der Waals surface area contributed by atoms with Crippen LogP contribution < -0.4 is 0 Å². The number of likely N-dealkylation sites (N-methyl/N-ethyl adjacent to an activating group) is 1. The van der Waals surface area contributed by atoms with E-state index in [0.717, 1.165) is 12.8 Å². The Morgan fingerprint density at radius 1 is 1.39 bits per heavy atom. The minimum atomic E-state index is -3.10. The number of aromatic nitrogens is 2. The van der Waals surface area contributed by atoms with Gasteiger partial charge in [-0.05, 0) is 24.8 Å². The molecule has 0 bridgehead atoms. The maximum atomic E-state index is 12.1. The smallest absolute Gasteiger partial charge is 0.214 e. The van der Waals surface area contributed by atoms with Crippen molar-refractivity contribution in [3.8, 4) is 0 Å².